The van der Waals surface area contributed by atoms with E-state index in [0.29, 0.717) is 20.7 Å². The smallest absolute Gasteiger partial charge is 0.308 e. The highest BCUT2D eigenvalue weighted by Gasteiger charge is 2.11. The largest absolute Gasteiger partial charge is 0.325 e. The van der Waals surface area contributed by atoms with Crippen molar-refractivity contribution >= 4 is 45.7 Å². The maximum absolute atomic E-state index is 12.1. The zero-order valence-electron chi connectivity index (χ0n) is 13.9. The molecule has 1 heterocycles. The maximum Gasteiger partial charge on any atom is 0.325 e. The SMILES string of the molecule is Cc1ccc(NC(=O)Nc2nnc(SCC(=O)c3ccccc3)s2)cc1. The van der Waals surface area contributed by atoms with Crippen LogP contribution in [0.2, 0.25) is 0 Å². The molecule has 3 aromatic rings. The van der Waals surface area contributed by atoms with Crippen LogP contribution in [0.25, 0.3) is 0 Å². The molecule has 2 aromatic carbocycles. The Hall–Kier alpha value is -2.71. The lowest BCUT2D eigenvalue weighted by molar-refractivity contribution is 0.102. The number of hydrogen-bond acceptors (Lipinski definition) is 6. The van der Waals surface area contributed by atoms with Crippen LogP contribution >= 0.6 is 23.1 Å². The molecule has 3 rings (SSSR count). The number of anilines is 2. The number of ketones is 1. The Kier molecular flexibility index (Phi) is 5.98. The zero-order valence-corrected chi connectivity index (χ0v) is 15.6. The number of rotatable bonds is 6. The third-order valence-corrected chi connectivity index (χ3v) is 5.33. The summed E-state index contributed by atoms with van der Waals surface area (Å²) in [6, 6.07) is 16.2. The predicted molar refractivity (Wildman–Crippen MR) is 105 cm³/mol. The summed E-state index contributed by atoms with van der Waals surface area (Å²) in [6.45, 7) is 1.98. The molecule has 0 aliphatic rings. The van der Waals surface area contributed by atoms with Gasteiger partial charge in [0.1, 0.15) is 0 Å². The maximum atomic E-state index is 12.1. The molecule has 0 spiro atoms. The van der Waals surface area contributed by atoms with E-state index in [1.165, 1.54) is 23.1 Å². The van der Waals surface area contributed by atoms with E-state index in [1.54, 1.807) is 12.1 Å². The molecule has 0 bridgehead atoms. The van der Waals surface area contributed by atoms with E-state index in [4.69, 9.17) is 0 Å². The third-order valence-electron chi connectivity index (χ3n) is 3.36. The van der Waals surface area contributed by atoms with Gasteiger partial charge in [-0.25, -0.2) is 4.79 Å². The summed E-state index contributed by atoms with van der Waals surface area (Å²) in [4.78, 5) is 24.1. The van der Waals surface area contributed by atoms with Crippen LogP contribution in [0.3, 0.4) is 0 Å². The van der Waals surface area contributed by atoms with Crippen molar-refractivity contribution in [1.29, 1.82) is 0 Å². The van der Waals surface area contributed by atoms with Gasteiger partial charge in [-0.1, -0.05) is 71.1 Å². The van der Waals surface area contributed by atoms with Crippen LogP contribution in [0.4, 0.5) is 15.6 Å². The molecule has 2 N–H and O–H groups in total. The topological polar surface area (TPSA) is 84.0 Å². The minimum Gasteiger partial charge on any atom is -0.308 e. The first-order valence-electron chi connectivity index (χ1n) is 7.79. The molecule has 0 saturated carbocycles. The van der Waals surface area contributed by atoms with Gasteiger partial charge < -0.3 is 5.32 Å². The first kappa shape index (κ1) is 18.1. The highest BCUT2D eigenvalue weighted by molar-refractivity contribution is 8.01. The molecule has 132 valence electrons. The van der Waals surface area contributed by atoms with Gasteiger partial charge in [0, 0.05) is 11.3 Å². The van der Waals surface area contributed by atoms with Gasteiger partial charge in [-0.3, -0.25) is 10.1 Å². The van der Waals surface area contributed by atoms with Gasteiger partial charge in [0.2, 0.25) is 5.13 Å². The van der Waals surface area contributed by atoms with Crippen molar-refractivity contribution in [2.24, 2.45) is 0 Å². The average Bonchev–Trinajstić information content (AvgIpc) is 3.09. The molecule has 0 radical (unpaired) electrons. The Bertz CT molecular complexity index is 895. The van der Waals surface area contributed by atoms with Crippen LogP contribution in [0.15, 0.2) is 58.9 Å². The quantitative estimate of drug-likeness (QED) is 0.372. The van der Waals surface area contributed by atoms with Gasteiger partial charge in [-0.2, -0.15) is 0 Å². The summed E-state index contributed by atoms with van der Waals surface area (Å²) >= 11 is 2.53. The summed E-state index contributed by atoms with van der Waals surface area (Å²) < 4.78 is 0.625. The summed E-state index contributed by atoms with van der Waals surface area (Å²) in [6.07, 6.45) is 0. The zero-order chi connectivity index (χ0) is 18.4. The van der Waals surface area contributed by atoms with E-state index < -0.39 is 0 Å². The van der Waals surface area contributed by atoms with E-state index in [-0.39, 0.29) is 17.6 Å². The lowest BCUT2D eigenvalue weighted by Crippen LogP contribution is -2.19. The molecule has 1 aromatic heterocycles. The van der Waals surface area contributed by atoms with Gasteiger partial charge in [0.25, 0.3) is 0 Å². The first-order valence-corrected chi connectivity index (χ1v) is 9.59. The van der Waals surface area contributed by atoms with Crippen LogP contribution < -0.4 is 10.6 Å². The lowest BCUT2D eigenvalue weighted by Gasteiger charge is -2.04. The number of amides is 2. The number of benzene rings is 2. The molecule has 0 saturated heterocycles. The van der Waals surface area contributed by atoms with Crippen molar-refractivity contribution < 1.29 is 9.59 Å². The molecule has 0 aliphatic carbocycles. The fraction of sp³-hybridized carbons (Fsp3) is 0.111. The number of Topliss-reactive ketones (excluding diaryl/α,β-unsaturated/α-hetero) is 1. The average molecular weight is 384 g/mol. The van der Waals surface area contributed by atoms with Gasteiger partial charge in [-0.05, 0) is 19.1 Å². The second-order valence-corrected chi connectivity index (χ2v) is 7.60. The number of urea groups is 1. The molecule has 0 aliphatic heterocycles. The van der Waals surface area contributed by atoms with Crippen molar-refractivity contribution in [3.8, 4) is 0 Å². The Morgan fingerprint density at radius 1 is 1.00 bits per heavy atom. The van der Waals surface area contributed by atoms with E-state index in [0.717, 1.165) is 5.56 Å². The number of nitrogens with one attached hydrogen (secondary N) is 2. The van der Waals surface area contributed by atoms with Crippen LogP contribution in [0, 0.1) is 6.92 Å². The second-order valence-electron chi connectivity index (χ2n) is 5.40. The molecule has 0 atom stereocenters. The predicted octanol–water partition coefficient (Wildman–Crippen LogP) is 4.47. The molecular weight excluding hydrogens is 368 g/mol. The standard InChI is InChI=1S/C18H16N4O2S2/c1-12-7-9-14(10-8-12)19-16(24)20-17-21-22-18(26-17)25-11-15(23)13-5-3-2-4-6-13/h2-10H,11H2,1H3,(H2,19,20,21,24). The first-order chi connectivity index (χ1) is 12.6. The number of carbonyl (C=O) groups is 2. The van der Waals surface area contributed by atoms with E-state index in [9.17, 15) is 9.59 Å². The van der Waals surface area contributed by atoms with Crippen molar-refractivity contribution in [3.63, 3.8) is 0 Å². The van der Waals surface area contributed by atoms with Gasteiger partial charge in [0.15, 0.2) is 10.1 Å². The monoisotopic (exact) mass is 384 g/mol. The fourth-order valence-corrected chi connectivity index (χ4v) is 3.69. The number of aromatic nitrogens is 2. The number of aryl methyl sites for hydroxylation is 1. The molecule has 0 fully saturated rings. The summed E-state index contributed by atoms with van der Waals surface area (Å²) in [7, 11) is 0. The number of thioether (sulfide) groups is 1. The molecule has 0 unspecified atom stereocenters. The van der Waals surface area contributed by atoms with Crippen molar-refractivity contribution in [3.05, 3.63) is 65.7 Å². The van der Waals surface area contributed by atoms with Crippen LogP contribution in [0.5, 0.6) is 0 Å². The fourth-order valence-electron chi connectivity index (χ4n) is 2.05. The van der Waals surface area contributed by atoms with E-state index in [1.807, 2.05) is 49.4 Å². The van der Waals surface area contributed by atoms with Gasteiger partial charge >= 0.3 is 6.03 Å². The Morgan fingerprint density at radius 2 is 1.73 bits per heavy atom. The Morgan fingerprint density at radius 3 is 2.46 bits per heavy atom. The summed E-state index contributed by atoms with van der Waals surface area (Å²) in [5.74, 6) is 0.297. The highest BCUT2D eigenvalue weighted by Crippen LogP contribution is 2.26. The Balaban J connectivity index is 1.50. The van der Waals surface area contributed by atoms with Crippen LogP contribution in [-0.2, 0) is 0 Å². The van der Waals surface area contributed by atoms with Crippen LogP contribution in [0.1, 0.15) is 15.9 Å². The molecule has 8 heteroatoms. The van der Waals surface area contributed by atoms with E-state index in [2.05, 4.69) is 20.8 Å². The molecule has 26 heavy (non-hydrogen) atoms. The lowest BCUT2D eigenvalue weighted by atomic mass is 10.2. The highest BCUT2D eigenvalue weighted by atomic mass is 32.2. The van der Waals surface area contributed by atoms with Gasteiger partial charge in [-0.15, -0.1) is 10.2 Å². The molecule has 6 nitrogen and oxygen atoms in total. The van der Waals surface area contributed by atoms with Crippen molar-refractivity contribution in [1.82, 2.24) is 10.2 Å². The minimum absolute atomic E-state index is 0.0254. The third kappa shape index (κ3) is 5.14. The summed E-state index contributed by atoms with van der Waals surface area (Å²) in [5, 5.41) is 13.7. The number of nitrogens with zero attached hydrogens (tertiary/aromatic N) is 2. The summed E-state index contributed by atoms with van der Waals surface area (Å²) in [5.41, 5.74) is 2.48. The number of carbonyl (C=O) groups excluding carboxylic acids is 2. The second kappa shape index (κ2) is 8.59. The van der Waals surface area contributed by atoms with Crippen LogP contribution in [-0.4, -0.2) is 27.8 Å². The van der Waals surface area contributed by atoms with Crippen molar-refractivity contribution in [2.45, 2.75) is 11.3 Å². The van der Waals surface area contributed by atoms with Gasteiger partial charge in [0.05, 0.1) is 5.75 Å². The Labute approximate surface area is 159 Å². The normalized spacial score (nSPS) is 10.3. The minimum atomic E-state index is -0.387. The molecular formula is C18H16N4O2S2. The van der Waals surface area contributed by atoms with Crippen molar-refractivity contribution in [2.75, 3.05) is 16.4 Å². The number of hydrogen-bond donors (Lipinski definition) is 2. The molecule has 2 amide bonds. The van der Waals surface area contributed by atoms with E-state index >= 15 is 0 Å².